The first-order valence-corrected chi connectivity index (χ1v) is 7.73. The van der Waals surface area contributed by atoms with Gasteiger partial charge in [0.1, 0.15) is 11.8 Å². The van der Waals surface area contributed by atoms with Crippen molar-refractivity contribution in [2.45, 2.75) is 38.1 Å². The predicted molar refractivity (Wildman–Crippen MR) is 86.5 cm³/mol. The lowest BCUT2D eigenvalue weighted by atomic mass is 9.95. The van der Waals surface area contributed by atoms with Gasteiger partial charge in [-0.2, -0.15) is 0 Å². The summed E-state index contributed by atoms with van der Waals surface area (Å²) in [6, 6.07) is 7.35. The van der Waals surface area contributed by atoms with Crippen molar-refractivity contribution in [1.29, 1.82) is 0 Å². The normalized spacial score (nSPS) is 16.2. The van der Waals surface area contributed by atoms with Crippen molar-refractivity contribution in [3.05, 3.63) is 52.4 Å². The molecule has 1 aromatic carbocycles. The highest BCUT2D eigenvalue weighted by atomic mass is 16.3. The quantitative estimate of drug-likeness (QED) is 0.885. The van der Waals surface area contributed by atoms with Gasteiger partial charge in [-0.3, -0.25) is 9.59 Å². The average molecular weight is 297 g/mol. The first-order chi connectivity index (χ1) is 10.7. The lowest BCUT2D eigenvalue weighted by molar-refractivity contribution is -0.117. The second-order valence-electron chi connectivity index (χ2n) is 5.69. The van der Waals surface area contributed by atoms with E-state index in [1.165, 1.54) is 37.7 Å². The molecule has 0 spiro atoms. The number of carbonyl (C=O) groups excluding carboxylic acids is 1. The third-order valence-corrected chi connectivity index (χ3v) is 4.07. The Hall–Kier alpha value is -2.36. The molecule has 1 amide bonds. The maximum atomic E-state index is 12.3. The second-order valence-corrected chi connectivity index (χ2v) is 5.69. The van der Waals surface area contributed by atoms with Gasteiger partial charge in [-0.15, -0.1) is 0 Å². The third-order valence-electron chi connectivity index (χ3n) is 4.07. The van der Waals surface area contributed by atoms with Crippen molar-refractivity contribution in [3.63, 3.8) is 0 Å². The van der Waals surface area contributed by atoms with Gasteiger partial charge in [0.15, 0.2) is 5.43 Å². The summed E-state index contributed by atoms with van der Waals surface area (Å²) >= 11 is 0. The molecule has 2 aromatic rings. The molecule has 1 aliphatic rings. The van der Waals surface area contributed by atoms with Gasteiger partial charge in [0.05, 0.1) is 10.9 Å². The van der Waals surface area contributed by atoms with Crippen LogP contribution in [0.5, 0.6) is 0 Å². The van der Waals surface area contributed by atoms with E-state index in [1.807, 2.05) is 6.07 Å². The Bertz CT molecular complexity index is 754. The minimum absolute atomic E-state index is 0.122. The Morgan fingerprint density at radius 2 is 1.95 bits per heavy atom. The fraction of sp³-hybridized carbons (Fsp3) is 0.333. The molecule has 4 heteroatoms. The zero-order chi connectivity index (χ0) is 15.4. The number of hydrogen-bond acceptors (Lipinski definition) is 3. The number of fused-ring (bicyclic) bond motifs is 1. The van der Waals surface area contributed by atoms with Crippen LogP contribution in [0.15, 0.2) is 45.8 Å². The molecule has 1 aromatic heterocycles. The van der Waals surface area contributed by atoms with Crippen LogP contribution in [-0.4, -0.2) is 11.9 Å². The summed E-state index contributed by atoms with van der Waals surface area (Å²) < 4.78 is 5.42. The average Bonchev–Trinajstić information content (AvgIpc) is 2.55. The van der Waals surface area contributed by atoms with Crippen LogP contribution in [0.1, 0.15) is 37.7 Å². The van der Waals surface area contributed by atoms with Crippen molar-refractivity contribution >= 4 is 23.0 Å². The molecule has 0 atom stereocenters. The molecule has 1 fully saturated rings. The van der Waals surface area contributed by atoms with Crippen LogP contribution in [0.2, 0.25) is 0 Å². The van der Waals surface area contributed by atoms with Gasteiger partial charge < -0.3 is 9.73 Å². The smallest absolute Gasteiger partial charge is 0.244 e. The van der Waals surface area contributed by atoms with Gasteiger partial charge in [0, 0.05) is 12.1 Å². The summed E-state index contributed by atoms with van der Waals surface area (Å²) in [6.45, 7) is 0. The number of para-hydroxylation sites is 1. The minimum Gasteiger partial charge on any atom is -0.463 e. The van der Waals surface area contributed by atoms with Gasteiger partial charge in [-0.05, 0) is 31.1 Å². The number of amides is 1. The molecule has 1 saturated carbocycles. The summed E-state index contributed by atoms with van der Waals surface area (Å²) in [7, 11) is 0. The Balaban J connectivity index is 1.73. The van der Waals surface area contributed by atoms with Crippen molar-refractivity contribution < 1.29 is 9.21 Å². The summed E-state index contributed by atoms with van der Waals surface area (Å²) in [5.41, 5.74) is 0.817. The van der Waals surface area contributed by atoms with E-state index in [4.69, 9.17) is 4.42 Å². The Labute approximate surface area is 128 Å². The summed E-state index contributed by atoms with van der Waals surface area (Å²) in [6.07, 6.45) is 10.0. The SMILES string of the molecule is O=C(/C=C/c1coc2ccccc2c1=O)NC1CCCCC1. The van der Waals surface area contributed by atoms with Crippen LogP contribution in [0.3, 0.4) is 0 Å². The molecule has 114 valence electrons. The molecular weight excluding hydrogens is 278 g/mol. The monoisotopic (exact) mass is 297 g/mol. The van der Waals surface area contributed by atoms with Crippen LogP contribution in [0, 0.1) is 0 Å². The highest BCUT2D eigenvalue weighted by Crippen LogP contribution is 2.17. The Morgan fingerprint density at radius 3 is 2.77 bits per heavy atom. The fourth-order valence-corrected chi connectivity index (χ4v) is 2.87. The molecule has 0 bridgehead atoms. The molecule has 22 heavy (non-hydrogen) atoms. The van der Waals surface area contributed by atoms with Crippen molar-refractivity contribution in [3.8, 4) is 0 Å². The van der Waals surface area contributed by atoms with Crippen LogP contribution >= 0.6 is 0 Å². The maximum Gasteiger partial charge on any atom is 0.244 e. The number of nitrogens with one attached hydrogen (secondary N) is 1. The van der Waals surface area contributed by atoms with E-state index in [1.54, 1.807) is 18.2 Å². The number of rotatable bonds is 3. The van der Waals surface area contributed by atoms with Crippen molar-refractivity contribution in [2.24, 2.45) is 0 Å². The van der Waals surface area contributed by atoms with Crippen LogP contribution in [0.25, 0.3) is 17.0 Å². The van der Waals surface area contributed by atoms with E-state index in [-0.39, 0.29) is 17.4 Å². The molecule has 4 nitrogen and oxygen atoms in total. The van der Waals surface area contributed by atoms with Crippen molar-refractivity contribution in [2.75, 3.05) is 0 Å². The minimum atomic E-state index is -0.153. The molecule has 1 N–H and O–H groups in total. The predicted octanol–water partition coefficient (Wildman–Crippen LogP) is 3.26. The van der Waals surface area contributed by atoms with Crippen molar-refractivity contribution in [1.82, 2.24) is 5.32 Å². The number of carbonyl (C=O) groups is 1. The standard InChI is InChI=1S/C18H19NO3/c20-17(19-14-6-2-1-3-7-14)11-10-13-12-22-16-9-5-4-8-15(16)18(13)21/h4-5,8-12,14H,1-3,6-7H2,(H,19,20)/b11-10+. The van der Waals surface area contributed by atoms with E-state index in [2.05, 4.69) is 5.32 Å². The van der Waals surface area contributed by atoms with Gasteiger partial charge in [0.2, 0.25) is 5.91 Å². The summed E-state index contributed by atoms with van der Waals surface area (Å²) in [5.74, 6) is -0.153. The highest BCUT2D eigenvalue weighted by Gasteiger charge is 2.14. The first kappa shape index (κ1) is 14.6. The van der Waals surface area contributed by atoms with Gasteiger partial charge in [0.25, 0.3) is 0 Å². The van der Waals surface area contributed by atoms with Gasteiger partial charge in [-0.25, -0.2) is 0 Å². The van der Waals surface area contributed by atoms with Crippen LogP contribution < -0.4 is 10.7 Å². The molecule has 1 aliphatic carbocycles. The third kappa shape index (κ3) is 3.27. The maximum absolute atomic E-state index is 12.3. The van der Waals surface area contributed by atoms with Crippen LogP contribution in [0.4, 0.5) is 0 Å². The lowest BCUT2D eigenvalue weighted by Gasteiger charge is -2.21. The number of benzene rings is 1. The van der Waals surface area contributed by atoms with E-state index < -0.39 is 0 Å². The van der Waals surface area contributed by atoms with E-state index in [0.717, 1.165) is 12.8 Å². The zero-order valence-electron chi connectivity index (χ0n) is 12.4. The second kappa shape index (κ2) is 6.60. The molecular formula is C18H19NO3. The molecule has 0 saturated heterocycles. The van der Waals surface area contributed by atoms with Crippen LogP contribution in [-0.2, 0) is 4.79 Å². The Kier molecular flexibility index (Phi) is 4.37. The largest absolute Gasteiger partial charge is 0.463 e. The highest BCUT2D eigenvalue weighted by molar-refractivity contribution is 5.92. The summed E-state index contributed by atoms with van der Waals surface area (Å²) in [4.78, 5) is 24.2. The summed E-state index contributed by atoms with van der Waals surface area (Å²) in [5, 5.41) is 3.51. The lowest BCUT2D eigenvalue weighted by Crippen LogP contribution is -2.35. The van der Waals surface area contributed by atoms with E-state index in [0.29, 0.717) is 16.5 Å². The molecule has 0 aliphatic heterocycles. The molecule has 0 radical (unpaired) electrons. The Morgan fingerprint density at radius 1 is 1.18 bits per heavy atom. The van der Waals surface area contributed by atoms with E-state index in [9.17, 15) is 9.59 Å². The first-order valence-electron chi connectivity index (χ1n) is 7.73. The molecule has 0 unspecified atom stereocenters. The number of hydrogen-bond donors (Lipinski definition) is 1. The topological polar surface area (TPSA) is 59.3 Å². The molecule has 3 rings (SSSR count). The van der Waals surface area contributed by atoms with Gasteiger partial charge in [-0.1, -0.05) is 31.4 Å². The molecule has 1 heterocycles. The van der Waals surface area contributed by atoms with Gasteiger partial charge >= 0.3 is 0 Å². The van der Waals surface area contributed by atoms with E-state index >= 15 is 0 Å². The fourth-order valence-electron chi connectivity index (χ4n) is 2.87. The zero-order valence-corrected chi connectivity index (χ0v) is 12.4.